The second-order valence-corrected chi connectivity index (χ2v) is 8.44. The quantitative estimate of drug-likeness (QED) is 0.257. The molecule has 0 fully saturated rings. The highest BCUT2D eigenvalue weighted by atomic mass is 19.1. The minimum Gasteiger partial charge on any atom is -0.423 e. The fourth-order valence-corrected chi connectivity index (χ4v) is 3.82. The lowest BCUT2D eigenvalue weighted by Crippen LogP contribution is -2.28. The summed E-state index contributed by atoms with van der Waals surface area (Å²) in [7, 11) is 0. The number of nitrogens with two attached hydrogens (primary N) is 2. The molecule has 0 bridgehead atoms. The Morgan fingerprint density at radius 1 is 1.09 bits per heavy atom. The number of H-pyrrole nitrogens is 1. The first-order chi connectivity index (χ1) is 17.0. The molecule has 0 aliphatic carbocycles. The van der Waals surface area contributed by atoms with Crippen molar-refractivity contribution in [1.82, 2.24) is 19.9 Å². The number of benzene rings is 2. The molecule has 9 nitrogen and oxygen atoms in total. The van der Waals surface area contributed by atoms with Gasteiger partial charge in [0, 0.05) is 18.8 Å². The molecule has 10 heteroatoms. The van der Waals surface area contributed by atoms with Crippen molar-refractivity contribution < 1.29 is 8.81 Å². The van der Waals surface area contributed by atoms with E-state index in [0.717, 1.165) is 43.6 Å². The number of hydrogen-bond acceptors (Lipinski definition) is 8. The van der Waals surface area contributed by atoms with E-state index in [0.29, 0.717) is 35.3 Å². The molecule has 2 aromatic heterocycles. The van der Waals surface area contributed by atoms with Gasteiger partial charge in [0.2, 0.25) is 5.95 Å². The summed E-state index contributed by atoms with van der Waals surface area (Å²) in [5.74, 6) is -0.187. The summed E-state index contributed by atoms with van der Waals surface area (Å²) >= 11 is 0. The van der Waals surface area contributed by atoms with Crippen LogP contribution in [0.4, 0.5) is 16.4 Å². The SMILES string of the molecule is Cc1cc2oc(Nc3nc(=O)c(-c4ccc(CN(CCCN)CCCN)cc4)c[nH]3)nc2cc1F. The molecule has 0 spiro atoms. The van der Waals surface area contributed by atoms with Crippen LogP contribution in [0.15, 0.2) is 51.8 Å². The van der Waals surface area contributed by atoms with Gasteiger partial charge in [-0.2, -0.15) is 9.97 Å². The lowest BCUT2D eigenvalue weighted by atomic mass is 10.1. The number of rotatable bonds is 11. The maximum absolute atomic E-state index is 13.8. The minimum absolute atomic E-state index is 0.110. The first-order valence-electron chi connectivity index (χ1n) is 11.6. The number of nitrogens with one attached hydrogen (secondary N) is 2. The second kappa shape index (κ2) is 11.2. The first-order valence-corrected chi connectivity index (χ1v) is 11.6. The van der Waals surface area contributed by atoms with E-state index in [4.69, 9.17) is 15.9 Å². The van der Waals surface area contributed by atoms with Crippen molar-refractivity contribution in [3.8, 4) is 11.1 Å². The van der Waals surface area contributed by atoms with Crippen molar-refractivity contribution in [3.05, 3.63) is 69.9 Å². The number of aryl methyl sites for hydroxylation is 1. The summed E-state index contributed by atoms with van der Waals surface area (Å²) in [6.07, 6.45) is 3.46. The fraction of sp³-hybridized carbons (Fsp3) is 0.320. The molecule has 0 amide bonds. The van der Waals surface area contributed by atoms with Crippen molar-refractivity contribution in [2.24, 2.45) is 11.5 Å². The zero-order valence-corrected chi connectivity index (χ0v) is 19.7. The number of anilines is 2. The van der Waals surface area contributed by atoms with Gasteiger partial charge in [0.05, 0.1) is 5.56 Å². The summed E-state index contributed by atoms with van der Waals surface area (Å²) in [6.45, 7) is 5.60. The average molecular weight is 480 g/mol. The summed E-state index contributed by atoms with van der Waals surface area (Å²) < 4.78 is 19.3. The molecule has 0 radical (unpaired) electrons. The van der Waals surface area contributed by atoms with E-state index < -0.39 is 5.56 Å². The van der Waals surface area contributed by atoms with Gasteiger partial charge in [0.25, 0.3) is 5.56 Å². The highest BCUT2D eigenvalue weighted by Crippen LogP contribution is 2.24. The number of nitrogens with zero attached hydrogens (tertiary/aromatic N) is 3. The standard InChI is InChI=1S/C25H30FN7O2/c1-16-12-22-21(13-20(16)26)30-25(35-22)32-24-29-14-19(23(34)31-24)18-6-4-17(5-7-18)15-33(10-2-8-27)11-3-9-28/h4-7,12-14H,2-3,8-11,15,27-28H2,1H3,(H2,29,30,31,32,34). The Morgan fingerprint density at radius 3 is 2.46 bits per heavy atom. The molecule has 0 saturated heterocycles. The Balaban J connectivity index is 1.46. The largest absolute Gasteiger partial charge is 0.423 e. The van der Waals surface area contributed by atoms with E-state index in [1.165, 1.54) is 6.07 Å². The van der Waals surface area contributed by atoms with Crippen LogP contribution in [-0.4, -0.2) is 46.0 Å². The van der Waals surface area contributed by atoms with E-state index >= 15 is 0 Å². The highest BCUT2D eigenvalue weighted by molar-refractivity contribution is 5.76. The molecule has 0 aliphatic heterocycles. The van der Waals surface area contributed by atoms with E-state index in [-0.39, 0.29) is 17.8 Å². The molecule has 0 aliphatic rings. The van der Waals surface area contributed by atoms with Gasteiger partial charge in [-0.3, -0.25) is 15.0 Å². The molecular formula is C25H30FN7O2. The molecule has 4 rings (SSSR count). The Bertz CT molecular complexity index is 1290. The van der Waals surface area contributed by atoms with Crippen LogP contribution in [0.25, 0.3) is 22.2 Å². The third-order valence-corrected chi connectivity index (χ3v) is 5.72. The Kier molecular flexibility index (Phi) is 7.86. The lowest BCUT2D eigenvalue weighted by Gasteiger charge is -2.22. The van der Waals surface area contributed by atoms with Crippen molar-refractivity contribution in [2.75, 3.05) is 31.5 Å². The molecule has 2 heterocycles. The van der Waals surface area contributed by atoms with Crippen LogP contribution in [0, 0.1) is 12.7 Å². The zero-order chi connectivity index (χ0) is 24.8. The van der Waals surface area contributed by atoms with Gasteiger partial charge in [-0.05, 0) is 68.7 Å². The second-order valence-electron chi connectivity index (χ2n) is 8.44. The van der Waals surface area contributed by atoms with Gasteiger partial charge in [-0.25, -0.2) is 4.39 Å². The van der Waals surface area contributed by atoms with Crippen LogP contribution in [0.1, 0.15) is 24.0 Å². The molecule has 2 aromatic carbocycles. The summed E-state index contributed by atoms with van der Waals surface area (Å²) in [4.78, 5) is 26.2. The number of aromatic nitrogens is 3. The van der Waals surface area contributed by atoms with Crippen LogP contribution in [0.2, 0.25) is 0 Å². The molecular weight excluding hydrogens is 449 g/mol. The maximum atomic E-state index is 13.8. The number of halogens is 1. The Labute approximate surface area is 202 Å². The van der Waals surface area contributed by atoms with Gasteiger partial charge in [-0.15, -0.1) is 0 Å². The van der Waals surface area contributed by atoms with E-state index in [2.05, 4.69) is 25.2 Å². The molecule has 0 unspecified atom stereocenters. The molecule has 0 atom stereocenters. The van der Waals surface area contributed by atoms with Crippen LogP contribution >= 0.6 is 0 Å². The average Bonchev–Trinajstić information content (AvgIpc) is 3.22. The zero-order valence-electron chi connectivity index (χ0n) is 19.7. The van der Waals surface area contributed by atoms with Crippen molar-refractivity contribution in [3.63, 3.8) is 0 Å². The first kappa shape index (κ1) is 24.5. The van der Waals surface area contributed by atoms with Crippen molar-refractivity contribution in [2.45, 2.75) is 26.3 Å². The number of hydrogen-bond donors (Lipinski definition) is 4. The van der Waals surface area contributed by atoms with E-state index in [9.17, 15) is 9.18 Å². The van der Waals surface area contributed by atoms with Crippen molar-refractivity contribution in [1.29, 1.82) is 0 Å². The Hall–Kier alpha value is -3.60. The summed E-state index contributed by atoms with van der Waals surface area (Å²) in [6, 6.07) is 10.8. The van der Waals surface area contributed by atoms with Crippen LogP contribution in [0.3, 0.4) is 0 Å². The molecule has 35 heavy (non-hydrogen) atoms. The number of oxazole rings is 1. The van der Waals surface area contributed by atoms with Gasteiger partial charge in [0.1, 0.15) is 11.3 Å². The van der Waals surface area contributed by atoms with Gasteiger partial charge >= 0.3 is 6.01 Å². The van der Waals surface area contributed by atoms with Crippen molar-refractivity contribution >= 4 is 23.1 Å². The van der Waals surface area contributed by atoms with E-state index in [1.807, 2.05) is 24.3 Å². The normalized spacial score (nSPS) is 11.5. The Morgan fingerprint density at radius 2 is 1.80 bits per heavy atom. The van der Waals surface area contributed by atoms with Gasteiger partial charge in [0.15, 0.2) is 5.58 Å². The minimum atomic E-state index is -0.399. The van der Waals surface area contributed by atoms with Crippen LogP contribution in [0.5, 0.6) is 0 Å². The summed E-state index contributed by atoms with van der Waals surface area (Å²) in [5, 5.41) is 2.83. The molecule has 6 N–H and O–H groups in total. The monoisotopic (exact) mass is 479 g/mol. The fourth-order valence-electron chi connectivity index (χ4n) is 3.82. The lowest BCUT2D eigenvalue weighted by molar-refractivity contribution is 0.262. The maximum Gasteiger partial charge on any atom is 0.302 e. The smallest absolute Gasteiger partial charge is 0.302 e. The predicted molar refractivity (Wildman–Crippen MR) is 135 cm³/mol. The highest BCUT2D eigenvalue weighted by Gasteiger charge is 2.12. The van der Waals surface area contributed by atoms with Gasteiger partial charge in [-0.1, -0.05) is 24.3 Å². The predicted octanol–water partition coefficient (Wildman–Crippen LogP) is 3.27. The summed E-state index contributed by atoms with van der Waals surface area (Å²) in [5.41, 5.74) is 14.6. The number of fused-ring (bicyclic) bond motifs is 1. The topological polar surface area (TPSA) is 139 Å². The molecule has 0 saturated carbocycles. The third-order valence-electron chi connectivity index (χ3n) is 5.72. The number of aromatic amines is 1. The molecule has 4 aromatic rings. The third kappa shape index (κ3) is 6.10. The van der Waals surface area contributed by atoms with E-state index in [1.54, 1.807) is 19.2 Å². The molecule has 184 valence electrons. The van der Waals surface area contributed by atoms with Crippen LogP contribution < -0.4 is 22.3 Å². The van der Waals surface area contributed by atoms with Gasteiger partial charge < -0.3 is 20.9 Å². The van der Waals surface area contributed by atoms with Crippen LogP contribution in [-0.2, 0) is 6.54 Å².